The number of nitrogens with zero attached hydrogens (tertiary/aromatic N) is 6. The fraction of sp³-hybridized carbons (Fsp3) is 0.400. The molecule has 0 unspecified atom stereocenters. The fourth-order valence-electron chi connectivity index (χ4n) is 1.42. The molecule has 7 nitrogen and oxygen atoms in total. The SMILES string of the molecule is CN(C)C(On1nc2cccnc2n1)=[N+](C)C.F[B-](F)(F)F. The molecule has 0 aliphatic heterocycles. The minimum atomic E-state index is -6.00. The topological polar surface area (TPSA) is 59.1 Å². The number of halogens is 4. The van der Waals surface area contributed by atoms with Crippen LogP contribution in [0.1, 0.15) is 0 Å². The van der Waals surface area contributed by atoms with Crippen LogP contribution in [0.15, 0.2) is 18.3 Å². The molecule has 0 saturated carbocycles. The van der Waals surface area contributed by atoms with E-state index in [1.54, 1.807) is 6.20 Å². The largest absolute Gasteiger partial charge is 0.673 e. The first-order chi connectivity index (χ1) is 10.1. The second-order valence-corrected chi connectivity index (χ2v) is 4.46. The molecule has 2 rings (SSSR count). The molecule has 12 heteroatoms. The second kappa shape index (κ2) is 7.05. The third kappa shape index (κ3) is 5.93. The van der Waals surface area contributed by atoms with E-state index in [1.807, 2.05) is 49.8 Å². The van der Waals surface area contributed by atoms with Crippen LogP contribution in [0.5, 0.6) is 0 Å². The Hall–Kier alpha value is -2.40. The van der Waals surface area contributed by atoms with Crippen molar-refractivity contribution in [2.24, 2.45) is 0 Å². The van der Waals surface area contributed by atoms with Crippen molar-refractivity contribution >= 4 is 24.4 Å². The van der Waals surface area contributed by atoms with Crippen LogP contribution in [0.3, 0.4) is 0 Å². The Morgan fingerprint density at radius 3 is 2.27 bits per heavy atom. The van der Waals surface area contributed by atoms with E-state index in [4.69, 9.17) is 4.84 Å². The summed E-state index contributed by atoms with van der Waals surface area (Å²) in [4.78, 5) is 12.6. The maximum absolute atomic E-state index is 9.75. The van der Waals surface area contributed by atoms with Gasteiger partial charge in [-0.05, 0) is 12.1 Å². The Bertz CT molecular complexity index is 613. The number of rotatable bonds is 1. The summed E-state index contributed by atoms with van der Waals surface area (Å²) in [5.74, 6) is 0. The van der Waals surface area contributed by atoms with Crippen molar-refractivity contribution < 1.29 is 26.7 Å². The van der Waals surface area contributed by atoms with Crippen LogP contribution >= 0.6 is 0 Å². The Labute approximate surface area is 123 Å². The van der Waals surface area contributed by atoms with Gasteiger partial charge in [-0.1, -0.05) is 5.10 Å². The third-order valence-corrected chi connectivity index (χ3v) is 2.07. The van der Waals surface area contributed by atoms with E-state index in [9.17, 15) is 17.3 Å². The van der Waals surface area contributed by atoms with Gasteiger partial charge in [0.25, 0.3) is 0 Å². The van der Waals surface area contributed by atoms with Crippen molar-refractivity contribution in [2.45, 2.75) is 0 Å². The molecule has 0 atom stereocenters. The number of hydrogen-bond acceptors (Lipinski definition) is 4. The van der Waals surface area contributed by atoms with Crippen molar-refractivity contribution in [1.82, 2.24) is 25.0 Å². The number of pyridine rings is 1. The summed E-state index contributed by atoms with van der Waals surface area (Å²) in [6.07, 6.45) is 1.67. The van der Waals surface area contributed by atoms with Gasteiger partial charge in [0, 0.05) is 11.2 Å². The molecule has 0 aliphatic rings. The quantitative estimate of drug-likeness (QED) is 0.255. The van der Waals surface area contributed by atoms with Gasteiger partial charge in [-0.15, -0.1) is 5.10 Å². The summed E-state index contributed by atoms with van der Waals surface area (Å²) < 4.78 is 40.8. The lowest BCUT2D eigenvalue weighted by atomic mass is 10.3. The monoisotopic (exact) mass is 322 g/mol. The first-order valence-electron chi connectivity index (χ1n) is 6.03. The van der Waals surface area contributed by atoms with Crippen LogP contribution in [0, 0.1) is 0 Å². The Morgan fingerprint density at radius 2 is 1.82 bits per heavy atom. The van der Waals surface area contributed by atoms with E-state index in [-0.39, 0.29) is 0 Å². The number of hydrogen-bond donors (Lipinski definition) is 0. The van der Waals surface area contributed by atoms with E-state index in [0.29, 0.717) is 17.2 Å². The van der Waals surface area contributed by atoms with Crippen LogP contribution < -0.4 is 4.84 Å². The molecule has 0 saturated heterocycles. The molecule has 0 radical (unpaired) electrons. The highest BCUT2D eigenvalue weighted by Crippen LogP contribution is 2.06. The predicted octanol–water partition coefficient (Wildman–Crippen LogP) is 0.745. The highest BCUT2D eigenvalue weighted by atomic mass is 19.5. The molecule has 2 aromatic rings. The lowest BCUT2D eigenvalue weighted by molar-refractivity contribution is -0.481. The highest BCUT2D eigenvalue weighted by molar-refractivity contribution is 6.50. The summed E-state index contributed by atoms with van der Waals surface area (Å²) in [7, 11) is 1.54. The standard InChI is InChI=1S/C10H15N6O.BF4/c1-14(2)10(15(3)4)17-16-12-8-6-5-7-11-9(8)13-16;2-1(3,4)5/h5-7H,1-4H3;/q+1;-1. The minimum Gasteiger partial charge on any atom is -0.418 e. The van der Waals surface area contributed by atoms with Crippen molar-refractivity contribution in [2.75, 3.05) is 28.2 Å². The zero-order valence-corrected chi connectivity index (χ0v) is 12.4. The van der Waals surface area contributed by atoms with Crippen molar-refractivity contribution in [3.8, 4) is 0 Å². The van der Waals surface area contributed by atoms with Crippen LogP contribution in [0.4, 0.5) is 17.3 Å². The average Bonchev–Trinajstić information content (AvgIpc) is 2.75. The molecule has 22 heavy (non-hydrogen) atoms. The molecule has 0 fully saturated rings. The maximum atomic E-state index is 9.75. The highest BCUT2D eigenvalue weighted by Gasteiger charge is 2.20. The van der Waals surface area contributed by atoms with Crippen LogP contribution in [0.2, 0.25) is 0 Å². The number of aromatic nitrogens is 4. The smallest absolute Gasteiger partial charge is 0.418 e. The van der Waals surface area contributed by atoms with E-state index >= 15 is 0 Å². The predicted molar refractivity (Wildman–Crippen MR) is 72.9 cm³/mol. The molecule has 0 amide bonds. The van der Waals surface area contributed by atoms with Gasteiger partial charge in [0.15, 0.2) is 0 Å². The van der Waals surface area contributed by atoms with Gasteiger partial charge in [0.05, 0.1) is 28.2 Å². The molecule has 0 aromatic carbocycles. The molecule has 0 N–H and O–H groups in total. The van der Waals surface area contributed by atoms with Crippen molar-refractivity contribution in [1.29, 1.82) is 0 Å². The molecule has 0 aliphatic carbocycles. The first-order valence-corrected chi connectivity index (χ1v) is 6.03. The lowest BCUT2D eigenvalue weighted by Crippen LogP contribution is -2.39. The van der Waals surface area contributed by atoms with Gasteiger partial charge in [-0.2, -0.15) is 0 Å². The van der Waals surface area contributed by atoms with Crippen LogP contribution in [0.25, 0.3) is 11.2 Å². The molecule has 0 spiro atoms. The van der Waals surface area contributed by atoms with E-state index in [0.717, 1.165) is 0 Å². The average molecular weight is 322 g/mol. The fourth-order valence-corrected chi connectivity index (χ4v) is 1.42. The van der Waals surface area contributed by atoms with Gasteiger partial charge in [-0.3, -0.25) is 4.84 Å². The summed E-state index contributed by atoms with van der Waals surface area (Å²) in [5, 5.41) is 8.28. The number of amidine groups is 1. The summed E-state index contributed by atoms with van der Waals surface area (Å²) in [6.45, 7) is 0. The van der Waals surface area contributed by atoms with E-state index < -0.39 is 7.25 Å². The molecular formula is C10H15BF4N6O. The van der Waals surface area contributed by atoms with Gasteiger partial charge in [-0.25, -0.2) is 14.5 Å². The van der Waals surface area contributed by atoms with Gasteiger partial charge in [0.2, 0.25) is 5.65 Å². The Balaban J connectivity index is 0.000000422. The van der Waals surface area contributed by atoms with Gasteiger partial charge in [0.1, 0.15) is 5.52 Å². The lowest BCUT2D eigenvalue weighted by Gasteiger charge is -2.08. The second-order valence-electron chi connectivity index (χ2n) is 4.46. The molecule has 2 aromatic heterocycles. The molecular weight excluding hydrogens is 307 g/mol. The minimum absolute atomic E-state index is 0.560. The zero-order valence-electron chi connectivity index (χ0n) is 12.4. The van der Waals surface area contributed by atoms with Crippen LogP contribution in [-0.2, 0) is 0 Å². The maximum Gasteiger partial charge on any atom is 0.673 e. The van der Waals surface area contributed by atoms with Crippen molar-refractivity contribution in [3.63, 3.8) is 0 Å². The molecule has 122 valence electrons. The zero-order chi connectivity index (χ0) is 16.9. The normalized spacial score (nSPS) is 10.7. The van der Waals surface area contributed by atoms with E-state index in [1.165, 1.54) is 4.96 Å². The first kappa shape index (κ1) is 17.7. The third-order valence-electron chi connectivity index (χ3n) is 2.07. The number of fused-ring (bicyclic) bond motifs is 1. The Kier molecular flexibility index (Phi) is 5.66. The van der Waals surface area contributed by atoms with Gasteiger partial charge >= 0.3 is 13.3 Å². The molecule has 0 bridgehead atoms. The van der Waals surface area contributed by atoms with Gasteiger partial charge < -0.3 is 17.3 Å². The van der Waals surface area contributed by atoms with Crippen LogP contribution in [-0.4, -0.2) is 71.1 Å². The summed E-state index contributed by atoms with van der Waals surface area (Å²) in [5.41, 5.74) is 1.26. The summed E-state index contributed by atoms with van der Waals surface area (Å²) >= 11 is 0. The molecule has 2 heterocycles. The Morgan fingerprint density at radius 1 is 1.23 bits per heavy atom. The van der Waals surface area contributed by atoms with E-state index in [2.05, 4.69) is 15.2 Å². The summed E-state index contributed by atoms with van der Waals surface area (Å²) in [6, 6.07) is 4.27. The van der Waals surface area contributed by atoms with Crippen molar-refractivity contribution in [3.05, 3.63) is 18.3 Å².